The van der Waals surface area contributed by atoms with E-state index in [1.165, 1.54) is 16.9 Å². The van der Waals surface area contributed by atoms with Gasteiger partial charge in [0.1, 0.15) is 4.88 Å². The van der Waals surface area contributed by atoms with Crippen molar-refractivity contribution in [2.75, 3.05) is 4.90 Å². The van der Waals surface area contributed by atoms with Gasteiger partial charge in [0.25, 0.3) is 5.91 Å². The minimum absolute atomic E-state index is 0.139. The molecule has 4 aromatic rings. The first kappa shape index (κ1) is 17.7. The smallest absolute Gasteiger partial charge is 0.274 e. The molecule has 0 fully saturated rings. The molecule has 0 N–H and O–H groups in total. The van der Waals surface area contributed by atoms with Crippen LogP contribution in [0.3, 0.4) is 0 Å². The van der Waals surface area contributed by atoms with Crippen molar-refractivity contribution in [1.29, 1.82) is 0 Å². The highest BCUT2D eigenvalue weighted by molar-refractivity contribution is 7.22. The van der Waals surface area contributed by atoms with Gasteiger partial charge in [0, 0.05) is 12.4 Å². The van der Waals surface area contributed by atoms with E-state index in [2.05, 4.69) is 33.6 Å². The van der Waals surface area contributed by atoms with Gasteiger partial charge in [0.05, 0.1) is 22.5 Å². The zero-order valence-corrected chi connectivity index (χ0v) is 16.8. The number of carbonyl (C=O) groups is 1. The maximum Gasteiger partial charge on any atom is 0.274 e. The number of pyridine rings is 1. The number of benzene rings is 1. The molecule has 8 heteroatoms. The lowest BCUT2D eigenvalue weighted by Crippen LogP contribution is -2.30. The summed E-state index contributed by atoms with van der Waals surface area (Å²) in [6.45, 7) is 6.30. The predicted octanol–water partition coefficient (Wildman–Crippen LogP) is 4.32. The van der Waals surface area contributed by atoms with Gasteiger partial charge in [-0.2, -0.15) is 0 Å². The van der Waals surface area contributed by atoms with Crippen LogP contribution in [0.5, 0.6) is 0 Å². The van der Waals surface area contributed by atoms with Gasteiger partial charge in [-0.15, -0.1) is 5.10 Å². The summed E-state index contributed by atoms with van der Waals surface area (Å²) < 4.78 is 4.98. The fourth-order valence-electron chi connectivity index (χ4n) is 2.93. The Balaban J connectivity index is 1.81. The highest BCUT2D eigenvalue weighted by Gasteiger charge is 2.25. The lowest BCUT2D eigenvalue weighted by Gasteiger charge is -2.19. The quantitative estimate of drug-likeness (QED) is 0.515. The summed E-state index contributed by atoms with van der Waals surface area (Å²) in [6.07, 6.45) is 3.48. The molecule has 3 aromatic heterocycles. The van der Waals surface area contributed by atoms with Crippen LogP contribution in [0.1, 0.15) is 32.1 Å². The topological polar surface area (TPSA) is 71.9 Å². The number of hydrogen-bond donors (Lipinski definition) is 0. The molecule has 0 atom stereocenters. The van der Waals surface area contributed by atoms with Crippen molar-refractivity contribution in [1.82, 2.24) is 19.6 Å². The molecule has 136 valence electrons. The van der Waals surface area contributed by atoms with Crippen molar-refractivity contribution in [2.24, 2.45) is 0 Å². The van der Waals surface area contributed by atoms with Crippen LogP contribution in [0.2, 0.25) is 0 Å². The SMILES string of the molecule is Cc1cc(C)c2nc(N(Cc3cccnc3)C(=O)c3snnc3C)sc2c1. The van der Waals surface area contributed by atoms with Crippen LogP contribution in [0.25, 0.3) is 10.2 Å². The Bertz CT molecular complexity index is 1120. The predicted molar refractivity (Wildman–Crippen MR) is 108 cm³/mol. The molecule has 27 heavy (non-hydrogen) atoms. The average Bonchev–Trinajstić information content (AvgIpc) is 3.26. The second-order valence-corrected chi connectivity index (χ2v) is 8.13. The summed E-state index contributed by atoms with van der Waals surface area (Å²) in [4.78, 5) is 24.4. The fourth-order valence-corrected chi connectivity index (χ4v) is 4.67. The monoisotopic (exact) mass is 395 g/mol. The van der Waals surface area contributed by atoms with Crippen LogP contribution < -0.4 is 4.90 Å². The van der Waals surface area contributed by atoms with Crippen LogP contribution in [-0.4, -0.2) is 25.5 Å². The molecular weight excluding hydrogens is 378 g/mol. The molecule has 0 aliphatic rings. The number of carbonyl (C=O) groups excluding carboxylic acids is 1. The molecule has 0 radical (unpaired) electrons. The Morgan fingerprint density at radius 1 is 1.22 bits per heavy atom. The number of amides is 1. The zero-order valence-electron chi connectivity index (χ0n) is 15.1. The second kappa shape index (κ2) is 7.13. The third-order valence-corrected chi connectivity index (χ3v) is 6.05. The summed E-state index contributed by atoms with van der Waals surface area (Å²) in [5.74, 6) is -0.139. The Hall–Kier alpha value is -2.71. The third-order valence-electron chi connectivity index (χ3n) is 4.20. The molecular formula is C19H17N5OS2. The lowest BCUT2D eigenvalue weighted by molar-refractivity contribution is 0.0988. The number of aryl methyl sites for hydroxylation is 3. The van der Waals surface area contributed by atoms with Crippen LogP contribution in [-0.2, 0) is 6.54 Å². The Morgan fingerprint density at radius 2 is 2.07 bits per heavy atom. The molecule has 6 nitrogen and oxygen atoms in total. The van der Waals surface area contributed by atoms with Crippen molar-refractivity contribution in [3.05, 3.63) is 63.9 Å². The summed E-state index contributed by atoms with van der Waals surface area (Å²) in [5.41, 5.74) is 4.80. The molecule has 0 saturated carbocycles. The van der Waals surface area contributed by atoms with Crippen LogP contribution in [0.4, 0.5) is 5.13 Å². The highest BCUT2D eigenvalue weighted by atomic mass is 32.1. The standard InChI is InChI=1S/C19H17N5OS2/c1-11-7-12(2)16-15(8-11)26-19(21-16)24(10-14-5-4-6-20-9-14)18(25)17-13(3)22-23-27-17/h4-9H,10H2,1-3H3. The second-order valence-electron chi connectivity index (χ2n) is 6.37. The van der Waals surface area contributed by atoms with E-state index >= 15 is 0 Å². The van der Waals surface area contributed by atoms with Crippen LogP contribution in [0.15, 0.2) is 36.7 Å². The minimum atomic E-state index is -0.139. The van der Waals surface area contributed by atoms with Gasteiger partial charge in [-0.1, -0.05) is 28.0 Å². The molecule has 0 aliphatic carbocycles. The lowest BCUT2D eigenvalue weighted by atomic mass is 10.1. The first-order chi connectivity index (χ1) is 13.0. The van der Waals surface area contributed by atoms with Crippen molar-refractivity contribution in [3.8, 4) is 0 Å². The van der Waals surface area contributed by atoms with Gasteiger partial charge in [-0.05, 0) is 61.1 Å². The van der Waals surface area contributed by atoms with E-state index in [9.17, 15) is 4.79 Å². The molecule has 0 aliphatic heterocycles. The van der Waals surface area contributed by atoms with Crippen molar-refractivity contribution in [2.45, 2.75) is 27.3 Å². The summed E-state index contributed by atoms with van der Waals surface area (Å²) in [7, 11) is 0. The number of aromatic nitrogens is 4. The molecule has 4 rings (SSSR count). The molecule has 0 bridgehead atoms. The molecule has 0 saturated heterocycles. The van der Waals surface area contributed by atoms with Gasteiger partial charge < -0.3 is 0 Å². The van der Waals surface area contributed by atoms with Gasteiger partial charge in [-0.25, -0.2) is 4.98 Å². The van der Waals surface area contributed by atoms with Gasteiger partial charge in [0.2, 0.25) is 0 Å². The molecule has 1 aromatic carbocycles. The number of anilines is 1. The highest BCUT2D eigenvalue weighted by Crippen LogP contribution is 2.33. The van der Waals surface area contributed by atoms with Gasteiger partial charge in [-0.3, -0.25) is 14.7 Å². The van der Waals surface area contributed by atoms with Crippen molar-refractivity contribution in [3.63, 3.8) is 0 Å². The zero-order chi connectivity index (χ0) is 19.0. The van der Waals surface area contributed by atoms with Crippen LogP contribution >= 0.6 is 22.9 Å². The number of nitrogens with zero attached hydrogens (tertiary/aromatic N) is 5. The number of fused-ring (bicyclic) bond motifs is 1. The minimum Gasteiger partial charge on any atom is -0.279 e. The molecule has 1 amide bonds. The van der Waals surface area contributed by atoms with E-state index in [0.717, 1.165) is 32.9 Å². The molecule has 3 heterocycles. The van der Waals surface area contributed by atoms with E-state index in [1.807, 2.05) is 19.1 Å². The van der Waals surface area contributed by atoms with Crippen molar-refractivity contribution >= 4 is 44.1 Å². The summed E-state index contributed by atoms with van der Waals surface area (Å²) in [5, 5.41) is 4.65. The number of rotatable bonds is 4. The van der Waals surface area contributed by atoms with E-state index < -0.39 is 0 Å². The van der Waals surface area contributed by atoms with Crippen LogP contribution in [0, 0.1) is 20.8 Å². The fraction of sp³-hybridized carbons (Fsp3) is 0.211. The third kappa shape index (κ3) is 3.45. The van der Waals surface area contributed by atoms with E-state index in [0.29, 0.717) is 22.2 Å². The van der Waals surface area contributed by atoms with Gasteiger partial charge in [0.15, 0.2) is 5.13 Å². The first-order valence-corrected chi connectivity index (χ1v) is 9.99. The Labute approximate surface area is 164 Å². The number of thiazole rings is 1. The van der Waals surface area contributed by atoms with E-state index in [-0.39, 0.29) is 5.91 Å². The van der Waals surface area contributed by atoms with E-state index in [4.69, 9.17) is 4.98 Å². The first-order valence-electron chi connectivity index (χ1n) is 8.40. The van der Waals surface area contributed by atoms with Crippen molar-refractivity contribution < 1.29 is 4.79 Å². The molecule has 0 spiro atoms. The normalized spacial score (nSPS) is 11.1. The Morgan fingerprint density at radius 3 is 2.78 bits per heavy atom. The molecule has 0 unspecified atom stereocenters. The number of hydrogen-bond acceptors (Lipinski definition) is 7. The maximum atomic E-state index is 13.3. The van der Waals surface area contributed by atoms with E-state index in [1.54, 1.807) is 24.2 Å². The summed E-state index contributed by atoms with van der Waals surface area (Å²) >= 11 is 2.63. The summed E-state index contributed by atoms with van der Waals surface area (Å²) in [6, 6.07) is 8.03. The van der Waals surface area contributed by atoms with Gasteiger partial charge >= 0.3 is 0 Å². The Kier molecular flexibility index (Phi) is 4.67. The largest absolute Gasteiger partial charge is 0.279 e. The maximum absolute atomic E-state index is 13.3. The average molecular weight is 396 g/mol.